The second-order valence-corrected chi connectivity index (χ2v) is 5.31. The maximum Gasteiger partial charge on any atom is 0.264 e. The summed E-state index contributed by atoms with van der Waals surface area (Å²) in [6.07, 6.45) is 3.72. The lowest BCUT2D eigenvalue weighted by Crippen LogP contribution is -2.42. The third-order valence-corrected chi connectivity index (χ3v) is 3.73. The first kappa shape index (κ1) is 11.5. The van der Waals surface area contributed by atoms with E-state index in [1.165, 1.54) is 6.20 Å². The molecule has 0 radical (unpaired) electrons. The van der Waals surface area contributed by atoms with E-state index in [1.54, 1.807) is 0 Å². The molecule has 0 aliphatic carbocycles. The fourth-order valence-corrected chi connectivity index (χ4v) is 2.29. The van der Waals surface area contributed by atoms with Crippen LogP contribution in [0.2, 0.25) is 0 Å². The molecule has 1 aliphatic heterocycles. The lowest BCUT2D eigenvalue weighted by atomic mass is 9.81. The Labute approximate surface area is 98.8 Å². The molecule has 16 heavy (non-hydrogen) atoms. The fraction of sp³-hybridized carbons (Fsp3) is 0.700. The Kier molecular flexibility index (Phi) is 3.50. The number of piperidine rings is 1. The maximum absolute atomic E-state index is 11.7. The van der Waals surface area contributed by atoms with Crippen LogP contribution in [0.4, 0.5) is 0 Å². The van der Waals surface area contributed by atoms with E-state index in [2.05, 4.69) is 27.1 Å². The summed E-state index contributed by atoms with van der Waals surface area (Å²) in [7, 11) is 0. The molecule has 1 amide bonds. The van der Waals surface area contributed by atoms with Gasteiger partial charge in [0.1, 0.15) is 4.88 Å². The topological polar surface area (TPSA) is 66.9 Å². The highest BCUT2D eigenvalue weighted by Crippen LogP contribution is 2.26. The minimum atomic E-state index is -0.0604. The van der Waals surface area contributed by atoms with Gasteiger partial charge in [-0.05, 0) is 42.9 Å². The molecule has 1 aromatic rings. The van der Waals surface area contributed by atoms with Crippen LogP contribution in [0.1, 0.15) is 29.4 Å². The molecule has 1 saturated heterocycles. The van der Waals surface area contributed by atoms with Crippen LogP contribution in [0, 0.1) is 5.41 Å². The number of carbonyl (C=O) groups is 1. The van der Waals surface area contributed by atoms with Gasteiger partial charge in [-0.25, -0.2) is 0 Å². The number of nitrogens with one attached hydrogen (secondary N) is 2. The number of amides is 1. The molecule has 2 N–H and O–H groups in total. The average molecular weight is 240 g/mol. The summed E-state index contributed by atoms with van der Waals surface area (Å²) in [4.78, 5) is 12.3. The highest BCUT2D eigenvalue weighted by atomic mass is 32.1. The highest BCUT2D eigenvalue weighted by molar-refractivity contribution is 7.07. The Bertz CT molecular complexity index is 346. The predicted octanol–water partition coefficient (Wildman–Crippen LogP) is 0.658. The largest absolute Gasteiger partial charge is 0.351 e. The Morgan fingerprint density at radius 3 is 3.00 bits per heavy atom. The first-order valence-electron chi connectivity index (χ1n) is 5.46. The molecule has 1 aromatic heterocycles. The first-order valence-corrected chi connectivity index (χ1v) is 6.23. The monoisotopic (exact) mass is 240 g/mol. The van der Waals surface area contributed by atoms with Crippen molar-refractivity contribution in [2.45, 2.75) is 19.8 Å². The van der Waals surface area contributed by atoms with Crippen LogP contribution in [0.3, 0.4) is 0 Å². The lowest BCUT2D eigenvalue weighted by Gasteiger charge is -2.34. The summed E-state index contributed by atoms with van der Waals surface area (Å²) in [6, 6.07) is 0. The maximum atomic E-state index is 11.7. The van der Waals surface area contributed by atoms with E-state index >= 15 is 0 Å². The summed E-state index contributed by atoms with van der Waals surface area (Å²) in [5.74, 6) is -0.0604. The highest BCUT2D eigenvalue weighted by Gasteiger charge is 2.27. The van der Waals surface area contributed by atoms with Crippen LogP contribution in [0.25, 0.3) is 0 Å². The molecule has 0 unspecified atom stereocenters. The standard InChI is InChI=1S/C10H16N4OS/c1-10(2-4-11-5-3-10)7-12-9(15)8-6-13-14-16-8/h6,11H,2-5,7H2,1H3,(H,12,15). The van der Waals surface area contributed by atoms with Crippen molar-refractivity contribution < 1.29 is 4.79 Å². The smallest absolute Gasteiger partial charge is 0.264 e. The third kappa shape index (κ3) is 2.76. The summed E-state index contributed by atoms with van der Waals surface area (Å²) in [5, 5.41) is 9.94. The molecule has 0 aromatic carbocycles. The molecule has 0 saturated carbocycles. The second-order valence-electron chi connectivity index (χ2n) is 4.53. The van der Waals surface area contributed by atoms with Crippen molar-refractivity contribution in [2.24, 2.45) is 5.41 Å². The van der Waals surface area contributed by atoms with Gasteiger partial charge in [0.05, 0.1) is 6.20 Å². The fourth-order valence-electron chi connectivity index (χ4n) is 1.86. The zero-order chi connectivity index (χ0) is 11.4. The molecule has 1 aliphatic rings. The lowest BCUT2D eigenvalue weighted by molar-refractivity contribution is 0.0926. The Hall–Kier alpha value is -1.01. The molecule has 1 fully saturated rings. The van der Waals surface area contributed by atoms with E-state index in [-0.39, 0.29) is 11.3 Å². The average Bonchev–Trinajstić information content (AvgIpc) is 2.80. The van der Waals surface area contributed by atoms with Gasteiger partial charge in [-0.2, -0.15) is 0 Å². The first-order chi connectivity index (χ1) is 7.70. The van der Waals surface area contributed by atoms with E-state index in [9.17, 15) is 4.79 Å². The van der Waals surface area contributed by atoms with Crippen LogP contribution < -0.4 is 10.6 Å². The van der Waals surface area contributed by atoms with Crippen LogP contribution in [0.15, 0.2) is 6.20 Å². The van der Waals surface area contributed by atoms with Crippen molar-refractivity contribution in [1.82, 2.24) is 20.2 Å². The van der Waals surface area contributed by atoms with Crippen LogP contribution in [0.5, 0.6) is 0 Å². The van der Waals surface area contributed by atoms with Crippen LogP contribution in [-0.4, -0.2) is 35.1 Å². The molecule has 2 rings (SSSR count). The zero-order valence-corrected chi connectivity index (χ0v) is 10.1. The summed E-state index contributed by atoms with van der Waals surface area (Å²) >= 11 is 1.13. The van der Waals surface area contributed by atoms with Crippen molar-refractivity contribution >= 4 is 17.4 Å². The van der Waals surface area contributed by atoms with E-state index in [0.717, 1.165) is 44.0 Å². The van der Waals surface area contributed by atoms with Crippen molar-refractivity contribution in [1.29, 1.82) is 0 Å². The van der Waals surface area contributed by atoms with Crippen molar-refractivity contribution in [3.8, 4) is 0 Å². The number of nitrogens with zero attached hydrogens (tertiary/aromatic N) is 2. The summed E-state index contributed by atoms with van der Waals surface area (Å²) in [6.45, 7) is 5.02. The van der Waals surface area contributed by atoms with Gasteiger partial charge in [0.25, 0.3) is 5.91 Å². The van der Waals surface area contributed by atoms with Gasteiger partial charge in [-0.3, -0.25) is 4.79 Å². The number of aromatic nitrogens is 2. The van der Waals surface area contributed by atoms with E-state index in [4.69, 9.17) is 0 Å². The van der Waals surface area contributed by atoms with Crippen molar-refractivity contribution in [3.63, 3.8) is 0 Å². The SMILES string of the molecule is CC1(CNC(=O)c2cnns2)CCNCC1. The Morgan fingerprint density at radius 1 is 1.62 bits per heavy atom. The third-order valence-electron chi connectivity index (χ3n) is 3.07. The quantitative estimate of drug-likeness (QED) is 0.814. The molecule has 6 heteroatoms. The van der Waals surface area contributed by atoms with Crippen molar-refractivity contribution in [2.75, 3.05) is 19.6 Å². The number of carbonyl (C=O) groups excluding carboxylic acids is 1. The van der Waals surface area contributed by atoms with Crippen LogP contribution >= 0.6 is 11.5 Å². The predicted molar refractivity (Wildman–Crippen MR) is 62.5 cm³/mol. The second kappa shape index (κ2) is 4.88. The summed E-state index contributed by atoms with van der Waals surface area (Å²) in [5.41, 5.74) is 0.221. The number of hydrogen-bond donors (Lipinski definition) is 2. The van der Waals surface area contributed by atoms with Crippen molar-refractivity contribution in [3.05, 3.63) is 11.1 Å². The van der Waals surface area contributed by atoms with Gasteiger partial charge < -0.3 is 10.6 Å². The minimum absolute atomic E-state index is 0.0604. The molecule has 0 atom stereocenters. The molecule has 2 heterocycles. The van der Waals surface area contributed by atoms with Gasteiger partial charge in [-0.15, -0.1) is 5.10 Å². The van der Waals surface area contributed by atoms with Gasteiger partial charge in [0.2, 0.25) is 0 Å². The van der Waals surface area contributed by atoms with Gasteiger partial charge in [0.15, 0.2) is 0 Å². The minimum Gasteiger partial charge on any atom is -0.351 e. The zero-order valence-electron chi connectivity index (χ0n) is 9.32. The number of hydrogen-bond acceptors (Lipinski definition) is 5. The molecular formula is C10H16N4OS. The van der Waals surface area contributed by atoms with E-state index in [0.29, 0.717) is 4.88 Å². The van der Waals surface area contributed by atoms with Gasteiger partial charge in [-0.1, -0.05) is 11.4 Å². The van der Waals surface area contributed by atoms with E-state index < -0.39 is 0 Å². The molecule has 88 valence electrons. The van der Waals surface area contributed by atoms with Crippen LogP contribution in [-0.2, 0) is 0 Å². The molecular weight excluding hydrogens is 224 g/mol. The normalized spacial score (nSPS) is 19.3. The number of rotatable bonds is 3. The summed E-state index contributed by atoms with van der Waals surface area (Å²) < 4.78 is 3.68. The Morgan fingerprint density at radius 2 is 2.38 bits per heavy atom. The Balaban J connectivity index is 1.84. The molecule has 0 spiro atoms. The molecule has 0 bridgehead atoms. The van der Waals surface area contributed by atoms with E-state index in [1.807, 2.05) is 0 Å². The van der Waals surface area contributed by atoms with Gasteiger partial charge >= 0.3 is 0 Å². The molecule has 5 nitrogen and oxygen atoms in total. The van der Waals surface area contributed by atoms with Gasteiger partial charge in [0, 0.05) is 6.54 Å².